The molecule has 0 atom stereocenters. The number of hydrogen-bond acceptors (Lipinski definition) is 6. The van der Waals surface area contributed by atoms with Crippen molar-refractivity contribution in [3.63, 3.8) is 0 Å². The van der Waals surface area contributed by atoms with Crippen molar-refractivity contribution >= 4 is 45.6 Å². The second-order valence-electron chi connectivity index (χ2n) is 5.90. The second kappa shape index (κ2) is 8.58. The lowest BCUT2D eigenvalue weighted by atomic mass is 10.1. The van der Waals surface area contributed by atoms with Crippen LogP contribution in [0.4, 0.5) is 16.5 Å². The summed E-state index contributed by atoms with van der Waals surface area (Å²) in [4.78, 5) is 14.1. The fraction of sp³-hybridized carbons (Fsp3) is 0.444. The SMILES string of the molecule is CCOC(=O)C[n+]1c(SC)sc(Nc2c(C)cccc2C)c1N(C)C. The van der Waals surface area contributed by atoms with E-state index in [1.165, 1.54) is 11.1 Å². The Balaban J connectivity index is 2.47. The molecule has 0 fully saturated rings. The number of benzene rings is 1. The molecule has 0 unspecified atom stereocenters. The van der Waals surface area contributed by atoms with E-state index in [2.05, 4.69) is 37.4 Å². The zero-order valence-corrected chi connectivity index (χ0v) is 17.3. The van der Waals surface area contributed by atoms with Gasteiger partial charge >= 0.3 is 11.8 Å². The summed E-state index contributed by atoms with van der Waals surface area (Å²) < 4.78 is 8.22. The van der Waals surface area contributed by atoms with E-state index in [9.17, 15) is 4.79 Å². The van der Waals surface area contributed by atoms with E-state index >= 15 is 0 Å². The van der Waals surface area contributed by atoms with Gasteiger partial charge < -0.3 is 10.1 Å². The van der Waals surface area contributed by atoms with Crippen molar-refractivity contribution in [2.45, 2.75) is 31.7 Å². The molecule has 0 amide bonds. The molecule has 2 rings (SSSR count). The number of carbonyl (C=O) groups excluding carboxylic acids is 1. The Morgan fingerprint density at radius 1 is 1.32 bits per heavy atom. The van der Waals surface area contributed by atoms with Crippen LogP contribution in [0.25, 0.3) is 0 Å². The molecule has 0 spiro atoms. The monoisotopic (exact) mass is 380 g/mol. The molecule has 1 heterocycles. The number of nitrogens with zero attached hydrogens (tertiary/aromatic N) is 2. The van der Waals surface area contributed by atoms with E-state index < -0.39 is 0 Å². The van der Waals surface area contributed by atoms with Crippen LogP contribution in [0.1, 0.15) is 18.1 Å². The van der Waals surface area contributed by atoms with Crippen LogP contribution in [0.3, 0.4) is 0 Å². The summed E-state index contributed by atoms with van der Waals surface area (Å²) >= 11 is 3.29. The number of thioether (sulfide) groups is 1. The number of ether oxygens (including phenoxy) is 1. The zero-order chi connectivity index (χ0) is 18.6. The lowest BCUT2D eigenvalue weighted by Gasteiger charge is -2.13. The summed E-state index contributed by atoms with van der Waals surface area (Å²) in [6.45, 7) is 6.62. The fourth-order valence-corrected chi connectivity index (χ4v) is 4.60. The summed E-state index contributed by atoms with van der Waals surface area (Å²) in [6, 6.07) is 6.26. The summed E-state index contributed by atoms with van der Waals surface area (Å²) in [5.41, 5.74) is 3.50. The minimum absolute atomic E-state index is 0.211. The average Bonchev–Trinajstić information content (AvgIpc) is 2.88. The van der Waals surface area contributed by atoms with Crippen LogP contribution in [0, 0.1) is 13.8 Å². The van der Waals surface area contributed by atoms with Crippen molar-refractivity contribution in [2.24, 2.45) is 0 Å². The Bertz CT molecular complexity index is 737. The lowest BCUT2D eigenvalue weighted by molar-refractivity contribution is -0.703. The fourth-order valence-electron chi connectivity index (χ4n) is 2.68. The molecule has 0 aliphatic carbocycles. The van der Waals surface area contributed by atoms with E-state index in [0.29, 0.717) is 6.61 Å². The molecule has 0 radical (unpaired) electrons. The highest BCUT2D eigenvalue weighted by Crippen LogP contribution is 2.37. The number of nitrogens with one attached hydrogen (secondary N) is 1. The highest BCUT2D eigenvalue weighted by atomic mass is 32.2. The molecule has 25 heavy (non-hydrogen) atoms. The Morgan fingerprint density at radius 2 is 1.96 bits per heavy atom. The summed E-state index contributed by atoms with van der Waals surface area (Å²) in [5, 5.41) is 4.61. The van der Waals surface area contributed by atoms with Gasteiger partial charge in [0.25, 0.3) is 0 Å². The molecule has 136 valence electrons. The van der Waals surface area contributed by atoms with Crippen molar-refractivity contribution in [2.75, 3.05) is 37.2 Å². The maximum Gasteiger partial charge on any atom is 0.348 e. The van der Waals surface area contributed by atoms with Crippen molar-refractivity contribution in [1.29, 1.82) is 0 Å². The van der Waals surface area contributed by atoms with Gasteiger partial charge in [-0.25, -0.2) is 4.79 Å². The van der Waals surface area contributed by atoms with Gasteiger partial charge in [-0.3, -0.25) is 4.90 Å². The van der Waals surface area contributed by atoms with E-state index in [1.54, 1.807) is 23.1 Å². The maximum atomic E-state index is 12.0. The molecule has 0 bridgehead atoms. The van der Waals surface area contributed by atoms with Crippen LogP contribution in [0.5, 0.6) is 0 Å². The number of para-hydroxylation sites is 1. The molecule has 1 aromatic carbocycles. The third-order valence-corrected chi connectivity index (χ3v) is 5.98. The van der Waals surface area contributed by atoms with E-state index in [-0.39, 0.29) is 12.5 Å². The van der Waals surface area contributed by atoms with E-state index in [1.807, 2.05) is 36.7 Å². The first kappa shape index (κ1) is 19.6. The van der Waals surface area contributed by atoms with Gasteiger partial charge in [-0.15, -0.1) is 0 Å². The normalized spacial score (nSPS) is 10.6. The zero-order valence-electron chi connectivity index (χ0n) is 15.7. The lowest BCUT2D eigenvalue weighted by Crippen LogP contribution is -2.43. The Morgan fingerprint density at radius 3 is 2.48 bits per heavy atom. The molecular formula is C18H26N3O2S2+. The van der Waals surface area contributed by atoms with Crippen LogP contribution >= 0.6 is 23.1 Å². The van der Waals surface area contributed by atoms with Crippen LogP contribution in [-0.2, 0) is 16.1 Å². The van der Waals surface area contributed by atoms with Crippen molar-refractivity contribution in [3.05, 3.63) is 29.3 Å². The molecule has 2 aromatic rings. The minimum Gasteiger partial charge on any atom is -0.463 e. The number of anilines is 3. The molecule has 0 saturated carbocycles. The first-order chi connectivity index (χ1) is 11.9. The van der Waals surface area contributed by atoms with Gasteiger partial charge in [0.1, 0.15) is 0 Å². The Kier molecular flexibility index (Phi) is 6.72. The van der Waals surface area contributed by atoms with Crippen molar-refractivity contribution in [3.8, 4) is 0 Å². The summed E-state index contributed by atoms with van der Waals surface area (Å²) in [6.07, 6.45) is 2.02. The molecular weight excluding hydrogens is 354 g/mol. The highest BCUT2D eigenvalue weighted by Gasteiger charge is 2.28. The van der Waals surface area contributed by atoms with Gasteiger partial charge in [0.05, 0.1) is 20.7 Å². The minimum atomic E-state index is -0.220. The highest BCUT2D eigenvalue weighted by molar-refractivity contribution is 8.00. The van der Waals surface area contributed by atoms with Crippen molar-refractivity contribution < 1.29 is 14.1 Å². The largest absolute Gasteiger partial charge is 0.463 e. The average molecular weight is 381 g/mol. The maximum absolute atomic E-state index is 12.0. The van der Waals surface area contributed by atoms with Crippen LogP contribution < -0.4 is 14.8 Å². The first-order valence-electron chi connectivity index (χ1n) is 8.15. The first-order valence-corrected chi connectivity index (χ1v) is 10.2. The quantitative estimate of drug-likeness (QED) is 0.450. The predicted molar refractivity (Wildman–Crippen MR) is 106 cm³/mol. The number of aryl methyl sites for hydroxylation is 2. The van der Waals surface area contributed by atoms with Gasteiger partial charge in [-0.2, -0.15) is 4.57 Å². The second-order valence-corrected chi connectivity index (χ2v) is 7.95. The number of rotatable bonds is 7. The molecule has 1 aromatic heterocycles. The smallest absolute Gasteiger partial charge is 0.348 e. The molecule has 1 N–H and O–H groups in total. The number of thiazole rings is 1. The number of hydrogen-bond donors (Lipinski definition) is 1. The topological polar surface area (TPSA) is 45.5 Å². The molecule has 0 aliphatic heterocycles. The molecule has 5 nitrogen and oxygen atoms in total. The van der Waals surface area contributed by atoms with Crippen molar-refractivity contribution in [1.82, 2.24) is 0 Å². The Labute approximate surface area is 158 Å². The number of carbonyl (C=O) groups is 1. The molecule has 0 aliphatic rings. The molecule has 0 saturated heterocycles. The predicted octanol–water partition coefficient (Wildman–Crippen LogP) is 3.75. The third kappa shape index (κ3) is 4.46. The van der Waals surface area contributed by atoms with Gasteiger partial charge in [-0.1, -0.05) is 41.3 Å². The number of aromatic nitrogens is 1. The van der Waals surface area contributed by atoms with Crippen LogP contribution in [-0.4, -0.2) is 32.9 Å². The van der Waals surface area contributed by atoms with Gasteiger partial charge in [-0.05, 0) is 38.2 Å². The standard InChI is InChI=1S/C18H26N3O2S2/c1-7-23-14(22)11-21-17(20(4)5)16(25-18(21)24-6)19-15-12(2)9-8-10-13(15)3/h8-10,19H,7,11H2,1-6H3/q+1. The third-order valence-electron chi connectivity index (χ3n) is 3.78. The Hall–Kier alpha value is -1.73. The van der Waals surface area contributed by atoms with Gasteiger partial charge in [0, 0.05) is 5.69 Å². The number of esters is 1. The van der Waals surface area contributed by atoms with E-state index in [0.717, 1.165) is 20.8 Å². The molecule has 7 heteroatoms. The van der Waals surface area contributed by atoms with Gasteiger partial charge in [0.2, 0.25) is 4.34 Å². The van der Waals surface area contributed by atoms with Crippen LogP contribution in [0.15, 0.2) is 22.5 Å². The van der Waals surface area contributed by atoms with Gasteiger partial charge in [0.15, 0.2) is 11.5 Å². The van der Waals surface area contributed by atoms with E-state index in [4.69, 9.17) is 4.74 Å². The van der Waals surface area contributed by atoms with Crippen LogP contribution in [0.2, 0.25) is 0 Å². The summed E-state index contributed by atoms with van der Waals surface area (Å²) in [5.74, 6) is 0.757. The summed E-state index contributed by atoms with van der Waals surface area (Å²) in [7, 11) is 3.98.